The molecule has 0 aromatic heterocycles. The van der Waals surface area contributed by atoms with Crippen molar-refractivity contribution in [2.45, 2.75) is 45.0 Å². The van der Waals surface area contributed by atoms with Crippen molar-refractivity contribution in [1.29, 1.82) is 0 Å². The Kier molecular flexibility index (Phi) is 10.2. The number of hydrogen-bond acceptors (Lipinski definition) is 4. The average Bonchev–Trinajstić information content (AvgIpc) is 3.27. The number of guanidine groups is 1. The second-order valence-electron chi connectivity index (χ2n) is 8.73. The van der Waals surface area contributed by atoms with Gasteiger partial charge in [-0.05, 0) is 29.7 Å². The van der Waals surface area contributed by atoms with Crippen molar-refractivity contribution < 1.29 is 9.53 Å². The van der Waals surface area contributed by atoms with Crippen LogP contribution in [0.15, 0.2) is 59.6 Å². The number of halogens is 1. The minimum absolute atomic E-state index is 0. The molecule has 7 nitrogen and oxygen atoms in total. The molecule has 2 aliphatic rings. The predicted molar refractivity (Wildman–Crippen MR) is 148 cm³/mol. The van der Waals surface area contributed by atoms with Crippen LogP contribution in [0.3, 0.4) is 0 Å². The van der Waals surface area contributed by atoms with E-state index in [2.05, 4.69) is 55.8 Å². The highest BCUT2D eigenvalue weighted by Crippen LogP contribution is 2.24. The third-order valence-corrected chi connectivity index (χ3v) is 6.32. The fourth-order valence-corrected chi connectivity index (χ4v) is 4.62. The Morgan fingerprint density at radius 3 is 2.56 bits per heavy atom. The fraction of sp³-hybridized carbons (Fsp3) is 0.462. The summed E-state index contributed by atoms with van der Waals surface area (Å²) in [5.74, 6) is 0.954. The molecule has 2 aromatic rings. The van der Waals surface area contributed by atoms with Crippen LogP contribution in [-0.4, -0.2) is 67.1 Å². The summed E-state index contributed by atoms with van der Waals surface area (Å²) in [5, 5.41) is 6.43. The number of rotatable bonds is 7. The first-order valence-corrected chi connectivity index (χ1v) is 11.9. The van der Waals surface area contributed by atoms with Crippen LogP contribution in [0.4, 0.5) is 5.69 Å². The lowest BCUT2D eigenvalue weighted by Crippen LogP contribution is -2.50. The molecule has 0 saturated carbocycles. The fourth-order valence-electron chi connectivity index (χ4n) is 4.62. The Bertz CT molecular complexity index is 938. The lowest BCUT2D eigenvalue weighted by molar-refractivity contribution is -0.116. The molecule has 34 heavy (non-hydrogen) atoms. The number of benzene rings is 2. The Morgan fingerprint density at radius 1 is 1.09 bits per heavy atom. The lowest BCUT2D eigenvalue weighted by Gasteiger charge is -2.36. The predicted octanol–water partition coefficient (Wildman–Crippen LogP) is 3.70. The number of ether oxygens (including phenoxy) is 1. The Morgan fingerprint density at radius 2 is 1.85 bits per heavy atom. The topological polar surface area (TPSA) is 69.2 Å². The molecule has 1 amide bonds. The normalized spacial score (nSPS) is 20.4. The summed E-state index contributed by atoms with van der Waals surface area (Å²) in [5.41, 5.74) is 3.32. The zero-order chi connectivity index (χ0) is 23.0. The van der Waals surface area contributed by atoms with Crippen LogP contribution in [-0.2, 0) is 22.6 Å². The van der Waals surface area contributed by atoms with Gasteiger partial charge in [0.25, 0.3) is 0 Å². The molecule has 2 N–H and O–H groups in total. The van der Waals surface area contributed by atoms with E-state index in [0.29, 0.717) is 19.0 Å². The first-order chi connectivity index (χ1) is 16.2. The molecule has 2 atom stereocenters. The molecule has 0 bridgehead atoms. The number of nitrogens with one attached hydrogen (secondary N) is 2. The molecule has 2 unspecified atom stereocenters. The van der Waals surface area contributed by atoms with Gasteiger partial charge in [-0.3, -0.25) is 14.7 Å². The average molecular weight is 578 g/mol. The van der Waals surface area contributed by atoms with Crippen LogP contribution < -0.4 is 10.6 Å². The van der Waals surface area contributed by atoms with Gasteiger partial charge in [-0.2, -0.15) is 0 Å². The van der Waals surface area contributed by atoms with Crippen molar-refractivity contribution in [3.63, 3.8) is 0 Å². The number of hydrogen-bond donors (Lipinski definition) is 2. The van der Waals surface area contributed by atoms with E-state index in [1.807, 2.05) is 38.2 Å². The molecule has 0 radical (unpaired) electrons. The molecule has 2 fully saturated rings. The summed E-state index contributed by atoms with van der Waals surface area (Å²) >= 11 is 0. The summed E-state index contributed by atoms with van der Waals surface area (Å²) in [7, 11) is 1.83. The first-order valence-electron chi connectivity index (χ1n) is 11.9. The number of anilines is 1. The van der Waals surface area contributed by atoms with Crippen molar-refractivity contribution in [2.75, 3.05) is 38.6 Å². The Hall–Kier alpha value is -2.17. The summed E-state index contributed by atoms with van der Waals surface area (Å²) in [6.07, 6.45) is 1.59. The smallest absolute Gasteiger partial charge is 0.224 e. The number of aliphatic imine (C=N–C) groups is 1. The number of morpholine rings is 1. The largest absolute Gasteiger partial charge is 0.373 e. The van der Waals surface area contributed by atoms with Gasteiger partial charge >= 0.3 is 0 Å². The van der Waals surface area contributed by atoms with Gasteiger partial charge in [-0.1, -0.05) is 49.4 Å². The SMILES string of the molecule is CCCC(=O)Nc1ccc(CNC(=NC)N2CC3OCCN(Cc4ccccc4)C3C2)cc1.I. The molecule has 2 aromatic carbocycles. The maximum atomic E-state index is 11.8. The van der Waals surface area contributed by atoms with Crippen molar-refractivity contribution in [3.8, 4) is 0 Å². The molecule has 8 heteroatoms. The molecular weight excluding hydrogens is 541 g/mol. The van der Waals surface area contributed by atoms with E-state index in [4.69, 9.17) is 4.74 Å². The van der Waals surface area contributed by atoms with E-state index in [1.54, 1.807) is 0 Å². The van der Waals surface area contributed by atoms with Crippen molar-refractivity contribution in [2.24, 2.45) is 4.99 Å². The molecule has 0 aliphatic carbocycles. The van der Waals surface area contributed by atoms with Crippen LogP contribution >= 0.6 is 24.0 Å². The maximum absolute atomic E-state index is 11.8. The molecule has 0 spiro atoms. The van der Waals surface area contributed by atoms with E-state index in [-0.39, 0.29) is 36.0 Å². The quantitative estimate of drug-likeness (QED) is 0.299. The zero-order valence-corrected chi connectivity index (χ0v) is 22.4. The Labute approximate surface area is 220 Å². The van der Waals surface area contributed by atoms with Crippen LogP contribution in [0.1, 0.15) is 30.9 Å². The van der Waals surface area contributed by atoms with Crippen LogP contribution in [0, 0.1) is 0 Å². The second-order valence-corrected chi connectivity index (χ2v) is 8.73. The van der Waals surface area contributed by atoms with E-state index in [9.17, 15) is 4.79 Å². The summed E-state index contributed by atoms with van der Waals surface area (Å²) < 4.78 is 6.12. The third-order valence-electron chi connectivity index (χ3n) is 6.32. The van der Waals surface area contributed by atoms with Gasteiger partial charge in [0.1, 0.15) is 0 Å². The molecular formula is C26H36IN5O2. The first kappa shape index (κ1) is 26.4. The van der Waals surface area contributed by atoms with Crippen LogP contribution in [0.2, 0.25) is 0 Å². The van der Waals surface area contributed by atoms with Crippen molar-refractivity contribution >= 4 is 41.5 Å². The zero-order valence-electron chi connectivity index (χ0n) is 20.1. The van der Waals surface area contributed by atoms with Crippen LogP contribution in [0.25, 0.3) is 0 Å². The molecule has 184 valence electrons. The van der Waals surface area contributed by atoms with Crippen molar-refractivity contribution in [3.05, 3.63) is 65.7 Å². The monoisotopic (exact) mass is 577 g/mol. The number of likely N-dealkylation sites (tertiary alicyclic amines) is 1. The minimum atomic E-state index is 0. The summed E-state index contributed by atoms with van der Waals surface area (Å²) in [6.45, 7) is 7.11. The molecule has 2 aliphatic heterocycles. The van der Waals surface area contributed by atoms with Gasteiger partial charge in [-0.15, -0.1) is 24.0 Å². The number of carbonyl (C=O) groups excluding carboxylic acids is 1. The number of fused-ring (bicyclic) bond motifs is 1. The summed E-state index contributed by atoms with van der Waals surface area (Å²) in [6, 6.07) is 19.0. The number of nitrogens with zero attached hydrogens (tertiary/aromatic N) is 3. The van der Waals surface area contributed by atoms with E-state index < -0.39 is 0 Å². The Balaban J connectivity index is 0.00000324. The van der Waals surface area contributed by atoms with Gasteiger partial charge in [-0.25, -0.2) is 0 Å². The highest BCUT2D eigenvalue weighted by molar-refractivity contribution is 14.0. The third kappa shape index (κ3) is 6.93. The van der Waals surface area contributed by atoms with E-state index in [0.717, 1.165) is 56.4 Å². The van der Waals surface area contributed by atoms with Gasteiger partial charge in [0.2, 0.25) is 5.91 Å². The highest BCUT2D eigenvalue weighted by Gasteiger charge is 2.41. The number of amides is 1. The van der Waals surface area contributed by atoms with E-state index in [1.165, 1.54) is 5.56 Å². The standard InChI is InChI=1S/C26H35N5O2.HI/c1-3-7-25(32)29-22-12-10-20(11-13-22)16-28-26(27-2)31-18-23-24(19-31)33-15-14-30(23)17-21-8-5-4-6-9-21;/h4-6,8-13,23-24H,3,7,14-19H2,1-2H3,(H,27,28)(H,29,32);1H. The van der Waals surface area contributed by atoms with E-state index >= 15 is 0 Å². The number of carbonyl (C=O) groups is 1. The minimum Gasteiger partial charge on any atom is -0.373 e. The van der Waals surface area contributed by atoms with Gasteiger partial charge in [0.05, 0.1) is 18.8 Å². The van der Waals surface area contributed by atoms with Gasteiger partial charge in [0.15, 0.2) is 5.96 Å². The van der Waals surface area contributed by atoms with Crippen molar-refractivity contribution in [1.82, 2.24) is 15.1 Å². The second kappa shape index (κ2) is 13.1. The molecule has 4 rings (SSSR count). The molecule has 2 saturated heterocycles. The highest BCUT2D eigenvalue weighted by atomic mass is 127. The van der Waals surface area contributed by atoms with Gasteiger partial charge in [0, 0.05) is 51.9 Å². The van der Waals surface area contributed by atoms with Crippen LogP contribution in [0.5, 0.6) is 0 Å². The lowest BCUT2D eigenvalue weighted by atomic mass is 10.1. The van der Waals surface area contributed by atoms with Gasteiger partial charge < -0.3 is 20.3 Å². The summed E-state index contributed by atoms with van der Waals surface area (Å²) in [4.78, 5) is 21.1. The maximum Gasteiger partial charge on any atom is 0.224 e. The molecule has 2 heterocycles.